The Bertz CT molecular complexity index is 408. The summed E-state index contributed by atoms with van der Waals surface area (Å²) in [5, 5.41) is 20.3. The van der Waals surface area contributed by atoms with Crippen molar-refractivity contribution in [3.05, 3.63) is 21.9 Å². The smallest absolute Gasteiger partial charge is 0.104 e. The van der Waals surface area contributed by atoms with Gasteiger partial charge in [0.2, 0.25) is 0 Å². The highest BCUT2D eigenvalue weighted by Gasteiger charge is 2.10. The summed E-state index contributed by atoms with van der Waals surface area (Å²) in [6, 6.07) is 1.95. The Kier molecular flexibility index (Phi) is 6.94. The van der Waals surface area contributed by atoms with E-state index in [1.165, 1.54) is 0 Å². The molecule has 0 aliphatic carbocycles. The lowest BCUT2D eigenvalue weighted by Crippen LogP contribution is -2.31. The molecule has 4 nitrogen and oxygen atoms in total. The number of likely N-dealkylation sites (N-methyl/N-ethyl adjacent to an activating group) is 1. The topological polar surface area (TPSA) is 52.9 Å². The molecule has 1 unspecified atom stereocenters. The lowest BCUT2D eigenvalue weighted by molar-refractivity contribution is 0.0420. The molecule has 1 rings (SSSR count). The highest BCUT2D eigenvalue weighted by Crippen LogP contribution is 2.17. The molecular weight excluding hydrogens is 250 g/mol. The molecule has 0 saturated heterocycles. The van der Waals surface area contributed by atoms with Crippen LogP contribution in [0.4, 0.5) is 0 Å². The van der Waals surface area contributed by atoms with Crippen LogP contribution in [0.15, 0.2) is 11.4 Å². The minimum atomic E-state index is -0.480. The Morgan fingerprint density at radius 3 is 3.00 bits per heavy atom. The highest BCUT2D eigenvalue weighted by atomic mass is 32.1. The Morgan fingerprint density at radius 1 is 1.56 bits per heavy atom. The van der Waals surface area contributed by atoms with Gasteiger partial charge in [-0.3, -0.25) is 4.90 Å². The van der Waals surface area contributed by atoms with Crippen LogP contribution in [0.3, 0.4) is 0 Å². The second-order valence-corrected chi connectivity index (χ2v) is 5.02. The van der Waals surface area contributed by atoms with Crippen molar-refractivity contribution in [2.75, 3.05) is 33.9 Å². The molecule has 0 radical (unpaired) electrons. The van der Waals surface area contributed by atoms with E-state index in [9.17, 15) is 5.11 Å². The molecule has 0 fully saturated rings. The molecule has 1 atom stereocenters. The maximum atomic E-state index is 9.63. The largest absolute Gasteiger partial charge is 0.389 e. The molecule has 2 N–H and O–H groups in total. The number of aliphatic hydroxyl groups is 2. The molecule has 0 aliphatic rings. The van der Waals surface area contributed by atoms with E-state index in [1.807, 2.05) is 23.4 Å². The van der Waals surface area contributed by atoms with Gasteiger partial charge in [0.1, 0.15) is 6.61 Å². The van der Waals surface area contributed by atoms with Gasteiger partial charge in [-0.25, -0.2) is 0 Å². The summed E-state index contributed by atoms with van der Waals surface area (Å²) in [6.45, 7) is 1.50. The number of hydrogen-bond donors (Lipinski definition) is 2. The van der Waals surface area contributed by atoms with Crippen LogP contribution in [0.1, 0.15) is 10.4 Å². The third-order valence-electron chi connectivity index (χ3n) is 2.34. The van der Waals surface area contributed by atoms with E-state index in [4.69, 9.17) is 9.84 Å². The van der Waals surface area contributed by atoms with E-state index in [2.05, 4.69) is 11.8 Å². The number of nitrogens with zero attached hydrogens (tertiary/aromatic N) is 1. The molecule has 18 heavy (non-hydrogen) atoms. The first kappa shape index (κ1) is 15.2. The average Bonchev–Trinajstić information content (AvgIpc) is 2.73. The van der Waals surface area contributed by atoms with E-state index < -0.39 is 6.10 Å². The van der Waals surface area contributed by atoms with Gasteiger partial charge in [-0.15, -0.1) is 11.3 Å². The maximum Gasteiger partial charge on any atom is 0.104 e. The first-order valence-electron chi connectivity index (χ1n) is 5.69. The van der Waals surface area contributed by atoms with E-state index in [1.54, 1.807) is 18.4 Å². The van der Waals surface area contributed by atoms with Gasteiger partial charge < -0.3 is 14.9 Å². The molecule has 1 heterocycles. The van der Waals surface area contributed by atoms with Gasteiger partial charge in [-0.1, -0.05) is 11.8 Å². The number of hydrogen-bond acceptors (Lipinski definition) is 5. The van der Waals surface area contributed by atoms with Gasteiger partial charge in [0.25, 0.3) is 0 Å². The number of thiophene rings is 1. The minimum Gasteiger partial charge on any atom is -0.389 e. The van der Waals surface area contributed by atoms with Crippen molar-refractivity contribution in [2.24, 2.45) is 0 Å². The van der Waals surface area contributed by atoms with Gasteiger partial charge >= 0.3 is 0 Å². The van der Waals surface area contributed by atoms with Crippen molar-refractivity contribution in [1.82, 2.24) is 4.90 Å². The summed E-state index contributed by atoms with van der Waals surface area (Å²) in [5.41, 5.74) is 0.946. The van der Waals surface area contributed by atoms with Crippen molar-refractivity contribution in [3.8, 4) is 11.8 Å². The van der Waals surface area contributed by atoms with E-state index in [0.29, 0.717) is 13.2 Å². The molecule has 5 heteroatoms. The first-order chi connectivity index (χ1) is 8.67. The minimum absolute atomic E-state index is 0.127. The predicted octanol–water partition coefficient (Wildman–Crippen LogP) is 0.531. The zero-order valence-electron chi connectivity index (χ0n) is 10.7. The lowest BCUT2D eigenvalue weighted by atomic mass is 10.2. The summed E-state index contributed by atoms with van der Waals surface area (Å²) < 4.78 is 4.89. The maximum absolute atomic E-state index is 9.63. The van der Waals surface area contributed by atoms with Crippen LogP contribution in [-0.2, 0) is 11.3 Å². The molecule has 0 spiro atoms. The van der Waals surface area contributed by atoms with E-state index >= 15 is 0 Å². The normalized spacial score (nSPS) is 12.3. The van der Waals surface area contributed by atoms with Crippen LogP contribution < -0.4 is 0 Å². The quantitative estimate of drug-likeness (QED) is 0.740. The fraction of sp³-hybridized carbons (Fsp3) is 0.538. The fourth-order valence-electron chi connectivity index (χ4n) is 1.62. The summed E-state index contributed by atoms with van der Waals surface area (Å²) in [7, 11) is 3.52. The second-order valence-electron chi connectivity index (χ2n) is 4.02. The molecule has 100 valence electrons. The second kappa shape index (κ2) is 8.25. The average molecular weight is 269 g/mol. The molecule has 0 saturated carbocycles. The van der Waals surface area contributed by atoms with Crippen LogP contribution in [0.5, 0.6) is 0 Å². The van der Waals surface area contributed by atoms with Gasteiger partial charge in [-0.05, 0) is 18.5 Å². The Labute approximate surface area is 112 Å². The molecule has 1 aromatic heterocycles. The summed E-state index contributed by atoms with van der Waals surface area (Å²) in [5.74, 6) is 5.57. The highest BCUT2D eigenvalue weighted by molar-refractivity contribution is 7.10. The van der Waals surface area contributed by atoms with Crippen molar-refractivity contribution >= 4 is 11.3 Å². The first-order valence-corrected chi connectivity index (χ1v) is 6.57. The van der Waals surface area contributed by atoms with Crippen LogP contribution >= 0.6 is 11.3 Å². The third kappa shape index (κ3) is 5.17. The summed E-state index contributed by atoms with van der Waals surface area (Å²) in [6.07, 6.45) is -0.480. The molecule has 0 aliphatic heterocycles. The zero-order valence-corrected chi connectivity index (χ0v) is 11.5. The van der Waals surface area contributed by atoms with E-state index in [0.717, 1.165) is 17.0 Å². The van der Waals surface area contributed by atoms with Crippen LogP contribution in [0.25, 0.3) is 0 Å². The Hall–Kier alpha value is -0.900. The molecular formula is C13H19NO3S. The number of rotatable bonds is 6. The van der Waals surface area contributed by atoms with Crippen molar-refractivity contribution in [3.63, 3.8) is 0 Å². The molecule has 1 aromatic rings. The Morgan fingerprint density at radius 2 is 2.33 bits per heavy atom. The van der Waals surface area contributed by atoms with Crippen molar-refractivity contribution in [1.29, 1.82) is 0 Å². The lowest BCUT2D eigenvalue weighted by Gasteiger charge is -2.19. The zero-order chi connectivity index (χ0) is 13.4. The summed E-state index contributed by atoms with van der Waals surface area (Å²) >= 11 is 1.63. The fourth-order valence-corrected chi connectivity index (χ4v) is 2.53. The molecule has 0 bridgehead atoms. The molecule has 0 aromatic carbocycles. The van der Waals surface area contributed by atoms with Crippen LogP contribution in [-0.4, -0.2) is 55.1 Å². The van der Waals surface area contributed by atoms with Gasteiger partial charge in [0.15, 0.2) is 0 Å². The molecule has 0 amide bonds. The number of methoxy groups -OCH3 is 1. The van der Waals surface area contributed by atoms with Crippen molar-refractivity contribution < 1.29 is 14.9 Å². The standard InChI is InChI=1S/C13H19NO3S/c1-14(8-12(16)10-17-2)9-13-11(4-3-6-15)5-7-18-13/h5,7,12,15-16H,6,8-10H2,1-2H3. The summed E-state index contributed by atoms with van der Waals surface area (Å²) in [4.78, 5) is 3.17. The van der Waals surface area contributed by atoms with Gasteiger partial charge in [0, 0.05) is 30.6 Å². The third-order valence-corrected chi connectivity index (χ3v) is 3.25. The van der Waals surface area contributed by atoms with Crippen molar-refractivity contribution in [2.45, 2.75) is 12.6 Å². The van der Waals surface area contributed by atoms with Gasteiger partial charge in [-0.2, -0.15) is 0 Å². The van der Waals surface area contributed by atoms with Gasteiger partial charge in [0.05, 0.1) is 12.7 Å². The Balaban J connectivity index is 2.53. The predicted molar refractivity (Wildman–Crippen MR) is 72.5 cm³/mol. The van der Waals surface area contributed by atoms with E-state index in [-0.39, 0.29) is 6.61 Å². The van der Waals surface area contributed by atoms with Crippen LogP contribution in [0, 0.1) is 11.8 Å². The monoisotopic (exact) mass is 269 g/mol. The number of aliphatic hydroxyl groups excluding tert-OH is 2. The SMILES string of the molecule is COCC(O)CN(C)Cc1sccc1C#CCO. The number of ether oxygens (including phenoxy) is 1. The van der Waals surface area contributed by atoms with Crippen LogP contribution in [0.2, 0.25) is 0 Å².